The van der Waals surface area contributed by atoms with Crippen molar-refractivity contribution in [2.45, 2.75) is 4.90 Å². The summed E-state index contributed by atoms with van der Waals surface area (Å²) in [6.07, 6.45) is 1.33. The molecule has 4 heteroatoms. The van der Waals surface area contributed by atoms with Crippen LogP contribution in [0.2, 0.25) is 5.02 Å². The van der Waals surface area contributed by atoms with Gasteiger partial charge < -0.3 is 4.90 Å². The second-order valence-electron chi connectivity index (χ2n) is 3.15. The number of rotatable bonds is 1. The Morgan fingerprint density at radius 2 is 2.40 bits per heavy atom. The molecule has 0 bridgehead atoms. The van der Waals surface area contributed by atoms with Crippen molar-refractivity contribution in [1.29, 1.82) is 0 Å². The Bertz CT molecular complexity index is 419. The SMILES string of the molecule is C=CC(=O)N1CCSc2ccc(Cl)cc21. The minimum atomic E-state index is -0.0705. The van der Waals surface area contributed by atoms with E-state index in [-0.39, 0.29) is 5.91 Å². The molecule has 0 N–H and O–H groups in total. The number of thioether (sulfide) groups is 1. The van der Waals surface area contributed by atoms with Gasteiger partial charge in [-0.15, -0.1) is 11.8 Å². The Morgan fingerprint density at radius 1 is 1.60 bits per heavy atom. The van der Waals surface area contributed by atoms with E-state index in [9.17, 15) is 4.79 Å². The van der Waals surface area contributed by atoms with Crippen molar-refractivity contribution in [3.63, 3.8) is 0 Å². The maximum atomic E-state index is 11.6. The summed E-state index contributed by atoms with van der Waals surface area (Å²) in [6.45, 7) is 4.21. The summed E-state index contributed by atoms with van der Waals surface area (Å²) >= 11 is 7.66. The molecule has 0 atom stereocenters. The fourth-order valence-electron chi connectivity index (χ4n) is 1.53. The summed E-state index contributed by atoms with van der Waals surface area (Å²) in [5.41, 5.74) is 0.892. The van der Waals surface area contributed by atoms with Gasteiger partial charge in [0.05, 0.1) is 5.69 Å². The van der Waals surface area contributed by atoms with E-state index in [2.05, 4.69) is 6.58 Å². The second-order valence-corrected chi connectivity index (χ2v) is 4.73. The lowest BCUT2D eigenvalue weighted by atomic mass is 10.2. The number of carbonyl (C=O) groups is 1. The predicted octanol–water partition coefficient (Wildman–Crippen LogP) is 2.96. The van der Waals surface area contributed by atoms with Crippen LogP contribution in [0.5, 0.6) is 0 Å². The van der Waals surface area contributed by atoms with Gasteiger partial charge in [0.25, 0.3) is 0 Å². The van der Waals surface area contributed by atoms with Crippen LogP contribution in [-0.2, 0) is 4.79 Å². The van der Waals surface area contributed by atoms with Crippen LogP contribution in [0, 0.1) is 0 Å². The maximum absolute atomic E-state index is 11.6. The van der Waals surface area contributed by atoms with E-state index >= 15 is 0 Å². The third-order valence-electron chi connectivity index (χ3n) is 2.22. The van der Waals surface area contributed by atoms with Gasteiger partial charge in [0.2, 0.25) is 5.91 Å². The Hall–Kier alpha value is -0.930. The van der Waals surface area contributed by atoms with Crippen LogP contribution in [0.15, 0.2) is 35.7 Å². The van der Waals surface area contributed by atoms with Crippen LogP contribution in [0.25, 0.3) is 0 Å². The molecule has 2 rings (SSSR count). The van der Waals surface area contributed by atoms with Gasteiger partial charge in [0.15, 0.2) is 0 Å². The minimum absolute atomic E-state index is 0.0705. The third kappa shape index (κ3) is 2.03. The highest BCUT2D eigenvalue weighted by Crippen LogP contribution is 2.36. The molecule has 1 aromatic carbocycles. The number of fused-ring (bicyclic) bond motifs is 1. The number of benzene rings is 1. The highest BCUT2D eigenvalue weighted by atomic mass is 35.5. The molecular formula is C11H10ClNOS. The van der Waals surface area contributed by atoms with Gasteiger partial charge in [0.1, 0.15) is 0 Å². The quantitative estimate of drug-likeness (QED) is 0.703. The summed E-state index contributed by atoms with van der Waals surface area (Å²) in [6, 6.07) is 5.62. The largest absolute Gasteiger partial charge is 0.307 e. The Balaban J connectivity index is 2.44. The lowest BCUT2D eigenvalue weighted by Crippen LogP contribution is -2.33. The summed E-state index contributed by atoms with van der Waals surface area (Å²) in [5, 5.41) is 0.651. The lowest BCUT2D eigenvalue weighted by molar-refractivity contribution is -0.114. The fraction of sp³-hybridized carbons (Fsp3) is 0.182. The average molecular weight is 240 g/mol. The zero-order valence-electron chi connectivity index (χ0n) is 8.07. The third-order valence-corrected chi connectivity index (χ3v) is 3.50. The van der Waals surface area contributed by atoms with Crippen molar-refractivity contribution in [2.24, 2.45) is 0 Å². The summed E-state index contributed by atoms with van der Waals surface area (Å²) in [5.74, 6) is 0.840. The van der Waals surface area contributed by atoms with Crippen molar-refractivity contribution in [1.82, 2.24) is 0 Å². The topological polar surface area (TPSA) is 20.3 Å². The molecule has 2 nitrogen and oxygen atoms in total. The Morgan fingerprint density at radius 3 is 3.13 bits per heavy atom. The zero-order valence-corrected chi connectivity index (χ0v) is 9.64. The molecule has 0 saturated carbocycles. The van der Waals surface area contributed by atoms with E-state index in [1.54, 1.807) is 16.7 Å². The first-order valence-electron chi connectivity index (χ1n) is 4.58. The Labute approximate surface area is 97.9 Å². The van der Waals surface area contributed by atoms with Crippen molar-refractivity contribution in [2.75, 3.05) is 17.2 Å². The van der Waals surface area contributed by atoms with E-state index in [4.69, 9.17) is 11.6 Å². The van der Waals surface area contributed by atoms with Gasteiger partial charge in [-0.05, 0) is 24.3 Å². The monoisotopic (exact) mass is 239 g/mol. The number of amides is 1. The number of hydrogen-bond acceptors (Lipinski definition) is 2. The summed E-state index contributed by atoms with van der Waals surface area (Å²) in [4.78, 5) is 14.4. The number of carbonyl (C=O) groups excluding carboxylic acids is 1. The molecule has 78 valence electrons. The van der Waals surface area contributed by atoms with Gasteiger partial charge in [-0.25, -0.2) is 0 Å². The van der Waals surface area contributed by atoms with Crippen molar-refractivity contribution in [3.8, 4) is 0 Å². The molecule has 1 amide bonds. The van der Waals surface area contributed by atoms with Gasteiger partial charge >= 0.3 is 0 Å². The summed E-state index contributed by atoms with van der Waals surface area (Å²) < 4.78 is 0. The zero-order chi connectivity index (χ0) is 10.8. The Kier molecular flexibility index (Phi) is 3.03. The van der Waals surface area contributed by atoms with E-state index in [0.717, 1.165) is 16.3 Å². The molecule has 1 aromatic rings. The van der Waals surface area contributed by atoms with E-state index < -0.39 is 0 Å². The van der Waals surface area contributed by atoms with Crippen LogP contribution in [0.3, 0.4) is 0 Å². The molecule has 0 spiro atoms. The minimum Gasteiger partial charge on any atom is -0.307 e. The first kappa shape index (κ1) is 10.6. The number of anilines is 1. The van der Waals surface area contributed by atoms with Crippen LogP contribution in [0.4, 0.5) is 5.69 Å². The van der Waals surface area contributed by atoms with Crippen molar-refractivity contribution in [3.05, 3.63) is 35.9 Å². The molecular weight excluding hydrogens is 230 g/mol. The molecule has 1 aliphatic heterocycles. The summed E-state index contributed by atoms with van der Waals surface area (Å²) in [7, 11) is 0. The molecule has 0 aromatic heterocycles. The number of hydrogen-bond donors (Lipinski definition) is 0. The predicted molar refractivity (Wildman–Crippen MR) is 64.7 cm³/mol. The number of halogens is 1. The molecule has 0 radical (unpaired) electrons. The molecule has 0 unspecified atom stereocenters. The smallest absolute Gasteiger partial charge is 0.250 e. The van der Waals surface area contributed by atoms with Crippen LogP contribution in [-0.4, -0.2) is 18.2 Å². The normalized spacial score (nSPS) is 14.6. The lowest BCUT2D eigenvalue weighted by Gasteiger charge is -2.28. The van der Waals surface area contributed by atoms with E-state index in [1.165, 1.54) is 6.08 Å². The second kappa shape index (κ2) is 4.29. The van der Waals surface area contributed by atoms with Crippen molar-refractivity contribution >= 4 is 35.0 Å². The van der Waals surface area contributed by atoms with Gasteiger partial charge in [-0.2, -0.15) is 0 Å². The molecule has 0 aliphatic carbocycles. The highest BCUT2D eigenvalue weighted by molar-refractivity contribution is 7.99. The van der Waals surface area contributed by atoms with Gasteiger partial charge in [0, 0.05) is 22.2 Å². The number of nitrogens with zero attached hydrogens (tertiary/aromatic N) is 1. The maximum Gasteiger partial charge on any atom is 0.250 e. The van der Waals surface area contributed by atoms with Gasteiger partial charge in [-0.1, -0.05) is 18.2 Å². The van der Waals surface area contributed by atoms with Crippen LogP contribution < -0.4 is 4.90 Å². The first-order valence-corrected chi connectivity index (χ1v) is 5.95. The van der Waals surface area contributed by atoms with Crippen LogP contribution in [0.1, 0.15) is 0 Å². The van der Waals surface area contributed by atoms with E-state index in [1.807, 2.05) is 18.2 Å². The molecule has 1 heterocycles. The standard InChI is InChI=1S/C11H10ClNOS/c1-2-11(14)13-5-6-15-10-4-3-8(12)7-9(10)13/h2-4,7H,1,5-6H2. The highest BCUT2D eigenvalue weighted by Gasteiger charge is 2.21. The molecule has 15 heavy (non-hydrogen) atoms. The molecule has 0 saturated heterocycles. The van der Waals surface area contributed by atoms with Crippen LogP contribution >= 0.6 is 23.4 Å². The van der Waals surface area contributed by atoms with E-state index in [0.29, 0.717) is 11.6 Å². The first-order chi connectivity index (χ1) is 7.22. The fourth-order valence-corrected chi connectivity index (χ4v) is 2.67. The average Bonchev–Trinajstić information content (AvgIpc) is 2.27. The molecule has 1 aliphatic rings. The molecule has 0 fully saturated rings. The van der Waals surface area contributed by atoms with Crippen molar-refractivity contribution < 1.29 is 4.79 Å². The van der Waals surface area contributed by atoms with Gasteiger partial charge in [-0.3, -0.25) is 4.79 Å².